The lowest BCUT2D eigenvalue weighted by Crippen LogP contribution is -1.92. The number of nitrogens with one attached hydrogen (secondary N) is 1. The average Bonchev–Trinajstić information content (AvgIpc) is 2.43. The Morgan fingerprint density at radius 2 is 2.50 bits per heavy atom. The van der Waals surface area contributed by atoms with E-state index in [1.807, 2.05) is 0 Å². The van der Waals surface area contributed by atoms with Crippen molar-refractivity contribution in [2.24, 2.45) is 0 Å². The Morgan fingerprint density at radius 3 is 3.17 bits per heavy atom. The van der Waals surface area contributed by atoms with Crippen LogP contribution in [0.5, 0.6) is 0 Å². The van der Waals surface area contributed by atoms with Gasteiger partial charge in [-0.25, -0.2) is 9.78 Å². The number of aromatic amines is 1. The van der Waals surface area contributed by atoms with Gasteiger partial charge >= 0.3 is 5.97 Å². The minimum Gasteiger partial charge on any atom is -0.477 e. The number of nitrogens with zero attached hydrogens (tertiary/aromatic N) is 1. The fourth-order valence-electron chi connectivity index (χ4n) is 1.09. The lowest BCUT2D eigenvalue weighted by atomic mass is 10.4. The zero-order valence-electron chi connectivity index (χ0n) is 6.29. The van der Waals surface area contributed by atoms with Gasteiger partial charge in [-0.1, -0.05) is 0 Å². The molecule has 0 atom stereocenters. The van der Waals surface area contributed by atoms with Crippen LogP contribution in [0, 0.1) is 6.92 Å². The number of fused-ring (bicyclic) bond motifs is 1. The highest BCUT2D eigenvalue weighted by atomic mass is 32.1. The number of aryl methyl sites for hydroxylation is 1. The van der Waals surface area contributed by atoms with Gasteiger partial charge in [-0.15, -0.1) is 11.3 Å². The molecule has 0 bridgehead atoms. The first-order valence-corrected chi connectivity index (χ1v) is 4.23. The van der Waals surface area contributed by atoms with E-state index in [0.29, 0.717) is 10.4 Å². The van der Waals surface area contributed by atoms with Crippen molar-refractivity contribution in [2.45, 2.75) is 6.92 Å². The number of hydrogen-bond donors (Lipinski definition) is 2. The molecule has 0 aromatic carbocycles. The summed E-state index contributed by atoms with van der Waals surface area (Å²) in [6.45, 7) is 1.80. The second-order valence-corrected chi connectivity index (χ2v) is 3.33. The molecule has 5 heteroatoms. The molecule has 12 heavy (non-hydrogen) atoms. The Morgan fingerprint density at radius 1 is 1.75 bits per heavy atom. The maximum Gasteiger partial charge on any atom is 0.348 e. The Labute approximate surface area is 71.9 Å². The van der Waals surface area contributed by atoms with Gasteiger partial charge in [0.2, 0.25) is 0 Å². The van der Waals surface area contributed by atoms with Crippen molar-refractivity contribution in [3.8, 4) is 0 Å². The fourth-order valence-corrected chi connectivity index (χ4v) is 1.87. The minimum absolute atomic E-state index is 0.300. The van der Waals surface area contributed by atoms with E-state index in [4.69, 9.17) is 5.11 Å². The smallest absolute Gasteiger partial charge is 0.348 e. The van der Waals surface area contributed by atoms with Gasteiger partial charge in [-0.05, 0) is 6.92 Å². The number of carboxylic acid groups (broad SMARTS) is 1. The van der Waals surface area contributed by atoms with E-state index in [1.54, 1.807) is 12.3 Å². The minimum atomic E-state index is -0.915. The molecule has 0 saturated heterocycles. The highest BCUT2D eigenvalue weighted by molar-refractivity contribution is 7.13. The SMILES string of the molecule is Cc1nc2c(C(=O)O)scc2[nH]1. The number of hydrogen-bond acceptors (Lipinski definition) is 3. The molecular weight excluding hydrogens is 176 g/mol. The third-order valence-electron chi connectivity index (χ3n) is 1.55. The average molecular weight is 182 g/mol. The van der Waals surface area contributed by atoms with E-state index in [1.165, 1.54) is 11.3 Å². The molecule has 0 amide bonds. The molecule has 2 aromatic rings. The second kappa shape index (κ2) is 2.31. The molecule has 62 valence electrons. The molecule has 4 nitrogen and oxygen atoms in total. The van der Waals surface area contributed by atoms with Crippen LogP contribution in [0.3, 0.4) is 0 Å². The molecule has 2 aromatic heterocycles. The first kappa shape index (κ1) is 7.30. The van der Waals surface area contributed by atoms with Gasteiger partial charge in [-0.3, -0.25) is 0 Å². The van der Waals surface area contributed by atoms with Crippen LogP contribution < -0.4 is 0 Å². The van der Waals surface area contributed by atoms with Crippen LogP contribution in [0.4, 0.5) is 0 Å². The lowest BCUT2D eigenvalue weighted by molar-refractivity contribution is 0.0704. The number of carboxylic acids is 1. The van der Waals surface area contributed by atoms with Gasteiger partial charge in [0.1, 0.15) is 16.2 Å². The molecule has 2 heterocycles. The van der Waals surface area contributed by atoms with Crippen molar-refractivity contribution >= 4 is 28.3 Å². The molecule has 0 radical (unpaired) electrons. The Balaban J connectivity index is 2.76. The Hall–Kier alpha value is -1.36. The van der Waals surface area contributed by atoms with Crippen molar-refractivity contribution in [1.29, 1.82) is 0 Å². The third-order valence-corrected chi connectivity index (χ3v) is 2.51. The van der Waals surface area contributed by atoms with E-state index >= 15 is 0 Å². The quantitative estimate of drug-likeness (QED) is 0.704. The van der Waals surface area contributed by atoms with E-state index in [9.17, 15) is 4.79 Å². The van der Waals surface area contributed by atoms with Crippen molar-refractivity contribution < 1.29 is 9.90 Å². The summed E-state index contributed by atoms with van der Waals surface area (Å²) >= 11 is 1.19. The summed E-state index contributed by atoms with van der Waals surface area (Å²) in [5, 5.41) is 10.5. The molecule has 0 spiro atoms. The lowest BCUT2D eigenvalue weighted by Gasteiger charge is -1.83. The van der Waals surface area contributed by atoms with Crippen LogP contribution in [-0.4, -0.2) is 21.0 Å². The predicted octanol–water partition coefficient (Wildman–Crippen LogP) is 1.63. The van der Waals surface area contributed by atoms with Gasteiger partial charge in [0, 0.05) is 5.38 Å². The number of aromatic nitrogens is 2. The van der Waals surface area contributed by atoms with Gasteiger partial charge in [0.05, 0.1) is 5.52 Å². The number of rotatable bonds is 1. The molecule has 2 rings (SSSR count). The molecule has 0 saturated carbocycles. The third kappa shape index (κ3) is 0.902. The van der Waals surface area contributed by atoms with Crippen LogP contribution >= 0.6 is 11.3 Å². The fraction of sp³-hybridized carbons (Fsp3) is 0.143. The molecule has 0 fully saturated rings. The van der Waals surface area contributed by atoms with Crippen LogP contribution in [0.15, 0.2) is 5.38 Å². The molecule has 2 N–H and O–H groups in total. The summed E-state index contributed by atoms with van der Waals surface area (Å²) in [5.74, 6) is -0.170. The zero-order valence-corrected chi connectivity index (χ0v) is 7.10. The highest BCUT2D eigenvalue weighted by Gasteiger charge is 2.13. The Kier molecular flexibility index (Phi) is 1.41. The summed E-state index contributed by atoms with van der Waals surface area (Å²) in [6.07, 6.45) is 0. The zero-order chi connectivity index (χ0) is 8.72. The Bertz CT molecular complexity index is 443. The van der Waals surface area contributed by atoms with Crippen molar-refractivity contribution in [1.82, 2.24) is 9.97 Å². The molecule has 0 aliphatic carbocycles. The number of imidazole rings is 1. The highest BCUT2D eigenvalue weighted by Crippen LogP contribution is 2.23. The van der Waals surface area contributed by atoms with E-state index in [2.05, 4.69) is 9.97 Å². The molecule has 0 aliphatic heterocycles. The van der Waals surface area contributed by atoms with Crippen LogP contribution in [-0.2, 0) is 0 Å². The first-order valence-electron chi connectivity index (χ1n) is 3.35. The number of thiophene rings is 1. The number of carbonyl (C=O) groups is 1. The van der Waals surface area contributed by atoms with Crippen LogP contribution in [0.25, 0.3) is 11.0 Å². The summed E-state index contributed by atoms with van der Waals surface area (Å²) in [5.41, 5.74) is 1.36. The number of H-pyrrole nitrogens is 1. The summed E-state index contributed by atoms with van der Waals surface area (Å²) in [7, 11) is 0. The van der Waals surface area contributed by atoms with Crippen LogP contribution in [0.2, 0.25) is 0 Å². The number of aromatic carboxylic acids is 1. The predicted molar refractivity (Wildman–Crippen MR) is 45.7 cm³/mol. The normalized spacial score (nSPS) is 10.8. The van der Waals surface area contributed by atoms with Gasteiger partial charge in [0.25, 0.3) is 0 Å². The van der Waals surface area contributed by atoms with E-state index in [-0.39, 0.29) is 0 Å². The van der Waals surface area contributed by atoms with E-state index < -0.39 is 5.97 Å². The van der Waals surface area contributed by atoms with Crippen molar-refractivity contribution in [2.75, 3.05) is 0 Å². The topological polar surface area (TPSA) is 66.0 Å². The molecular formula is C7H6N2O2S. The maximum atomic E-state index is 10.6. The van der Waals surface area contributed by atoms with Gasteiger partial charge in [-0.2, -0.15) is 0 Å². The van der Waals surface area contributed by atoms with Crippen LogP contribution in [0.1, 0.15) is 15.5 Å². The second-order valence-electron chi connectivity index (χ2n) is 2.45. The van der Waals surface area contributed by atoms with Gasteiger partial charge < -0.3 is 10.1 Å². The maximum absolute atomic E-state index is 10.6. The van der Waals surface area contributed by atoms with E-state index in [0.717, 1.165) is 11.3 Å². The monoisotopic (exact) mass is 182 g/mol. The van der Waals surface area contributed by atoms with Gasteiger partial charge in [0.15, 0.2) is 0 Å². The van der Waals surface area contributed by atoms with Crippen molar-refractivity contribution in [3.63, 3.8) is 0 Å². The standard InChI is InChI=1S/C7H6N2O2S/c1-3-8-4-2-12-6(7(10)11)5(4)9-3/h2H,1H3,(H,8,9)(H,10,11). The summed E-state index contributed by atoms with van der Waals surface area (Å²) in [4.78, 5) is 18.0. The first-order chi connectivity index (χ1) is 5.68. The summed E-state index contributed by atoms with van der Waals surface area (Å²) < 4.78 is 0. The largest absolute Gasteiger partial charge is 0.477 e. The summed E-state index contributed by atoms with van der Waals surface area (Å²) in [6, 6.07) is 0. The molecule has 0 aliphatic rings. The molecule has 0 unspecified atom stereocenters. The van der Waals surface area contributed by atoms with Crippen molar-refractivity contribution in [3.05, 3.63) is 16.1 Å².